The Labute approximate surface area is 59.8 Å². The van der Waals surface area contributed by atoms with Crippen LogP contribution in [0.2, 0.25) is 0 Å². The van der Waals surface area contributed by atoms with E-state index in [1.807, 2.05) is 4.72 Å². The Kier molecular flexibility index (Phi) is 3.77. The van der Waals surface area contributed by atoms with Gasteiger partial charge in [-0.25, -0.2) is 14.3 Å². The third kappa shape index (κ3) is 7.80. The van der Waals surface area contributed by atoms with Crippen LogP contribution in [-0.2, 0) is 10.2 Å². The zero-order valence-corrected chi connectivity index (χ0v) is 6.49. The monoisotopic (exact) mass is 170 g/mol. The van der Waals surface area contributed by atoms with Crippen molar-refractivity contribution in [3.8, 4) is 0 Å². The summed E-state index contributed by atoms with van der Waals surface area (Å²) in [6.45, 7) is 1.40. The largest absolute Gasteiger partial charge is 0.274 e. The molecule has 0 aromatic heterocycles. The van der Waals surface area contributed by atoms with E-state index in [0.29, 0.717) is 0 Å². The van der Waals surface area contributed by atoms with Gasteiger partial charge in [0.15, 0.2) is 0 Å². The van der Waals surface area contributed by atoms with Gasteiger partial charge in [-0.1, -0.05) is 0 Å². The summed E-state index contributed by atoms with van der Waals surface area (Å²) in [6, 6.07) is 0. The zero-order valence-electron chi connectivity index (χ0n) is 5.67. The molecule has 3 N–H and O–H groups in total. The van der Waals surface area contributed by atoms with Gasteiger partial charge in [-0.2, -0.15) is 8.42 Å². The summed E-state index contributed by atoms with van der Waals surface area (Å²) in [5, 5.41) is 4.56. The van der Waals surface area contributed by atoms with E-state index < -0.39 is 16.4 Å². The molecule has 0 bridgehead atoms. The number of hydrogen-bond acceptors (Lipinski definition) is 2. The summed E-state index contributed by atoms with van der Waals surface area (Å²) >= 11 is 0. The minimum absolute atomic E-state index is 0.0521. The lowest BCUT2D eigenvalue weighted by atomic mass is 10.3. The Bertz CT molecular complexity index is 178. The summed E-state index contributed by atoms with van der Waals surface area (Å²) in [4.78, 5) is 0. The first-order valence-corrected chi connectivity index (χ1v) is 4.38. The highest BCUT2D eigenvalue weighted by molar-refractivity contribution is 7.87. The maximum absolute atomic E-state index is 12.0. The van der Waals surface area contributed by atoms with Crippen molar-refractivity contribution in [2.75, 3.05) is 6.54 Å². The van der Waals surface area contributed by atoms with Crippen molar-refractivity contribution in [3.63, 3.8) is 0 Å². The predicted octanol–water partition coefficient (Wildman–Crippen LogP) is -0.472. The molecule has 0 saturated heterocycles. The third-order valence-electron chi connectivity index (χ3n) is 0.845. The predicted molar refractivity (Wildman–Crippen MR) is 36.3 cm³/mol. The molecule has 0 aliphatic carbocycles. The van der Waals surface area contributed by atoms with E-state index in [-0.39, 0.29) is 13.0 Å². The van der Waals surface area contributed by atoms with Crippen LogP contribution in [0.3, 0.4) is 0 Å². The van der Waals surface area contributed by atoms with Crippen molar-refractivity contribution >= 4 is 10.2 Å². The van der Waals surface area contributed by atoms with Crippen molar-refractivity contribution in [1.29, 1.82) is 0 Å². The SMILES string of the molecule is CC(F)CCNS(N)(=O)=O. The molecule has 4 nitrogen and oxygen atoms in total. The normalized spacial score (nSPS) is 15.1. The fourth-order valence-corrected chi connectivity index (χ4v) is 0.802. The molecule has 0 amide bonds. The van der Waals surface area contributed by atoms with Crippen LogP contribution >= 0.6 is 0 Å². The van der Waals surface area contributed by atoms with Gasteiger partial charge in [-0.05, 0) is 13.3 Å². The van der Waals surface area contributed by atoms with Crippen LogP contribution in [-0.4, -0.2) is 21.1 Å². The highest BCUT2D eigenvalue weighted by atomic mass is 32.2. The lowest BCUT2D eigenvalue weighted by Gasteiger charge is -2.01. The molecule has 0 spiro atoms. The second-order valence-corrected chi connectivity index (χ2v) is 3.39. The molecule has 1 unspecified atom stereocenters. The fourth-order valence-electron chi connectivity index (χ4n) is 0.400. The van der Waals surface area contributed by atoms with Gasteiger partial charge in [0.1, 0.15) is 0 Å². The molecule has 0 aromatic carbocycles. The van der Waals surface area contributed by atoms with Gasteiger partial charge in [0.05, 0.1) is 6.17 Å². The lowest BCUT2D eigenvalue weighted by molar-refractivity contribution is 0.342. The van der Waals surface area contributed by atoms with Crippen molar-refractivity contribution in [1.82, 2.24) is 4.72 Å². The van der Waals surface area contributed by atoms with Crippen LogP contribution in [0.5, 0.6) is 0 Å². The average molecular weight is 170 g/mol. The van der Waals surface area contributed by atoms with Crippen LogP contribution in [0, 0.1) is 0 Å². The van der Waals surface area contributed by atoms with Crippen molar-refractivity contribution in [2.45, 2.75) is 19.5 Å². The lowest BCUT2D eigenvalue weighted by Crippen LogP contribution is -2.32. The van der Waals surface area contributed by atoms with Gasteiger partial charge in [0, 0.05) is 6.54 Å². The van der Waals surface area contributed by atoms with Gasteiger partial charge < -0.3 is 0 Å². The number of rotatable bonds is 4. The molecule has 0 radical (unpaired) electrons. The molecule has 62 valence electrons. The maximum Gasteiger partial charge on any atom is 0.274 e. The van der Waals surface area contributed by atoms with E-state index in [1.54, 1.807) is 0 Å². The summed E-state index contributed by atoms with van der Waals surface area (Å²) in [7, 11) is -3.64. The van der Waals surface area contributed by atoms with E-state index in [0.717, 1.165) is 0 Å². The quantitative estimate of drug-likeness (QED) is 0.598. The van der Waals surface area contributed by atoms with Gasteiger partial charge in [0.2, 0.25) is 0 Å². The van der Waals surface area contributed by atoms with Crippen molar-refractivity contribution < 1.29 is 12.8 Å². The Morgan fingerprint density at radius 1 is 1.70 bits per heavy atom. The Morgan fingerprint density at radius 2 is 2.20 bits per heavy atom. The average Bonchev–Trinajstić information content (AvgIpc) is 1.59. The van der Waals surface area contributed by atoms with Crippen molar-refractivity contribution in [3.05, 3.63) is 0 Å². The zero-order chi connectivity index (χ0) is 8.20. The molecule has 0 aliphatic heterocycles. The van der Waals surface area contributed by atoms with E-state index in [1.165, 1.54) is 6.92 Å². The van der Waals surface area contributed by atoms with Crippen LogP contribution in [0.1, 0.15) is 13.3 Å². The summed E-state index contributed by atoms with van der Waals surface area (Å²) in [6.07, 6.45) is -0.856. The fraction of sp³-hybridized carbons (Fsp3) is 1.00. The molecular weight excluding hydrogens is 159 g/mol. The topological polar surface area (TPSA) is 72.2 Å². The highest BCUT2D eigenvalue weighted by Gasteiger charge is 2.01. The van der Waals surface area contributed by atoms with Crippen LogP contribution in [0.15, 0.2) is 0 Å². The van der Waals surface area contributed by atoms with Gasteiger partial charge in [-0.3, -0.25) is 0 Å². The van der Waals surface area contributed by atoms with E-state index in [9.17, 15) is 12.8 Å². The standard InChI is InChI=1S/C4H11FN2O2S/c1-4(5)2-3-7-10(6,8)9/h4,7H,2-3H2,1H3,(H2,6,8,9). The molecule has 0 heterocycles. The van der Waals surface area contributed by atoms with Gasteiger partial charge >= 0.3 is 0 Å². The molecule has 0 fully saturated rings. The van der Waals surface area contributed by atoms with Gasteiger partial charge in [-0.15, -0.1) is 0 Å². The number of nitrogens with one attached hydrogen (secondary N) is 1. The molecule has 0 aromatic rings. The molecule has 1 atom stereocenters. The summed E-state index contributed by atoms with van der Waals surface area (Å²) < 4.78 is 34.3. The molecule has 6 heteroatoms. The Hall–Kier alpha value is -0.200. The maximum atomic E-state index is 12.0. The first-order chi connectivity index (χ1) is 4.42. The Balaban J connectivity index is 3.39. The van der Waals surface area contributed by atoms with Crippen LogP contribution < -0.4 is 9.86 Å². The summed E-state index contributed by atoms with van der Waals surface area (Å²) in [5.41, 5.74) is 0. The number of nitrogens with two attached hydrogens (primary N) is 1. The minimum Gasteiger partial charge on any atom is -0.248 e. The molecule has 0 aliphatic rings. The van der Waals surface area contributed by atoms with E-state index >= 15 is 0 Å². The number of halogens is 1. The third-order valence-corrected chi connectivity index (χ3v) is 1.45. The first kappa shape index (κ1) is 9.80. The van der Waals surface area contributed by atoms with Gasteiger partial charge in [0.25, 0.3) is 10.2 Å². The Morgan fingerprint density at radius 3 is 2.50 bits per heavy atom. The smallest absolute Gasteiger partial charge is 0.248 e. The minimum atomic E-state index is -3.64. The van der Waals surface area contributed by atoms with E-state index in [2.05, 4.69) is 5.14 Å². The van der Waals surface area contributed by atoms with Crippen molar-refractivity contribution in [2.24, 2.45) is 5.14 Å². The van der Waals surface area contributed by atoms with Crippen LogP contribution in [0.4, 0.5) is 4.39 Å². The van der Waals surface area contributed by atoms with E-state index in [4.69, 9.17) is 0 Å². The second kappa shape index (κ2) is 3.85. The number of hydrogen-bond donors (Lipinski definition) is 2. The van der Waals surface area contributed by atoms with Crippen LogP contribution in [0.25, 0.3) is 0 Å². The highest BCUT2D eigenvalue weighted by Crippen LogP contribution is 1.92. The molecular formula is C4H11FN2O2S. The molecule has 10 heavy (non-hydrogen) atoms. The second-order valence-electron chi connectivity index (χ2n) is 2.01. The molecule has 0 rings (SSSR count). The summed E-state index contributed by atoms with van der Waals surface area (Å²) in [5.74, 6) is 0. The first-order valence-electron chi connectivity index (χ1n) is 2.83. The number of alkyl halides is 1. The molecule has 0 saturated carbocycles.